The summed E-state index contributed by atoms with van der Waals surface area (Å²) >= 11 is 0. The molecule has 0 unspecified atom stereocenters. The van der Waals surface area contributed by atoms with Gasteiger partial charge in [0.2, 0.25) is 0 Å². The molecule has 4 aromatic rings. The fourth-order valence-corrected chi connectivity index (χ4v) is 4.59. The van der Waals surface area contributed by atoms with Gasteiger partial charge in [-0.3, -0.25) is 0 Å². The van der Waals surface area contributed by atoms with E-state index in [4.69, 9.17) is 20.2 Å². The quantitative estimate of drug-likeness (QED) is 0.384. The van der Waals surface area contributed by atoms with Crippen LogP contribution in [-0.2, 0) is 4.74 Å². The summed E-state index contributed by atoms with van der Waals surface area (Å²) in [5.41, 5.74) is 8.58. The Morgan fingerprint density at radius 2 is 2.09 bits per heavy atom. The molecule has 6 rings (SSSR count). The van der Waals surface area contributed by atoms with Gasteiger partial charge in [0, 0.05) is 30.6 Å². The molecule has 1 saturated heterocycles. The van der Waals surface area contributed by atoms with Crippen LogP contribution in [0.4, 0.5) is 11.6 Å². The normalized spacial score (nSPS) is 22.5. The summed E-state index contributed by atoms with van der Waals surface area (Å²) in [4.78, 5) is 13.2. The number of hydrogen-bond donors (Lipinski definition) is 3. The van der Waals surface area contributed by atoms with Crippen LogP contribution in [0.3, 0.4) is 0 Å². The summed E-state index contributed by atoms with van der Waals surface area (Å²) in [6.07, 6.45) is 4.97. The predicted octanol–water partition coefficient (Wildman–Crippen LogP) is 3.42. The van der Waals surface area contributed by atoms with Gasteiger partial charge in [-0.25, -0.2) is 15.0 Å². The SMILES string of the molecule is Cc1cn([C@H]2C[C@H](O)[C@@H](COc3ccc4ccc(NCC5CC5)nc4c3)O2)c2ncnc(N)c12. The number of nitrogen functional groups attached to an aromatic ring is 1. The van der Waals surface area contributed by atoms with Crippen LogP contribution < -0.4 is 15.8 Å². The number of nitrogens with one attached hydrogen (secondary N) is 1. The molecule has 9 nitrogen and oxygen atoms in total. The molecule has 2 fully saturated rings. The lowest BCUT2D eigenvalue weighted by molar-refractivity contribution is -0.0379. The standard InChI is InChI=1S/C25H28N6O3/c1-14-11-31(25-23(14)24(26)28-13-29-25)22-9-19(32)20(34-22)12-33-17-6-4-16-5-7-21(30-18(16)8-17)27-10-15-2-3-15/h4-8,11,13,15,19-20,22,32H,2-3,9-10,12H2,1H3,(H,27,30)(H2,26,28,29)/t19-,20+,22+/m0/s1. The first-order valence-electron chi connectivity index (χ1n) is 11.7. The van der Waals surface area contributed by atoms with E-state index in [0.29, 0.717) is 23.6 Å². The zero-order valence-corrected chi connectivity index (χ0v) is 19.0. The predicted molar refractivity (Wildman–Crippen MR) is 130 cm³/mol. The van der Waals surface area contributed by atoms with Crippen molar-refractivity contribution >= 4 is 33.6 Å². The monoisotopic (exact) mass is 460 g/mol. The zero-order valence-electron chi connectivity index (χ0n) is 19.0. The maximum atomic E-state index is 10.7. The third-order valence-electron chi connectivity index (χ3n) is 6.69. The van der Waals surface area contributed by atoms with Crippen molar-refractivity contribution in [1.29, 1.82) is 0 Å². The summed E-state index contributed by atoms with van der Waals surface area (Å²) < 4.78 is 14.1. The molecule has 3 atom stereocenters. The molecule has 0 amide bonds. The third-order valence-corrected chi connectivity index (χ3v) is 6.69. The highest BCUT2D eigenvalue weighted by atomic mass is 16.6. The fourth-order valence-electron chi connectivity index (χ4n) is 4.59. The van der Waals surface area contributed by atoms with Gasteiger partial charge in [-0.2, -0.15) is 0 Å². The molecule has 0 radical (unpaired) electrons. The maximum Gasteiger partial charge on any atom is 0.147 e. The first-order valence-corrected chi connectivity index (χ1v) is 11.7. The molecule has 3 aromatic heterocycles. The van der Waals surface area contributed by atoms with E-state index in [0.717, 1.165) is 40.1 Å². The lowest BCUT2D eigenvalue weighted by atomic mass is 10.2. The molecule has 1 saturated carbocycles. The Hall–Kier alpha value is -3.43. The summed E-state index contributed by atoms with van der Waals surface area (Å²) in [6, 6.07) is 9.92. The molecular weight excluding hydrogens is 432 g/mol. The molecule has 0 spiro atoms. The Balaban J connectivity index is 1.14. The Kier molecular flexibility index (Phi) is 5.23. The molecule has 2 aliphatic rings. The van der Waals surface area contributed by atoms with E-state index >= 15 is 0 Å². The summed E-state index contributed by atoms with van der Waals surface area (Å²) in [7, 11) is 0. The minimum atomic E-state index is -0.654. The largest absolute Gasteiger partial charge is 0.491 e. The first-order chi connectivity index (χ1) is 16.5. The van der Waals surface area contributed by atoms with Crippen LogP contribution in [0.2, 0.25) is 0 Å². The van der Waals surface area contributed by atoms with E-state index in [1.165, 1.54) is 19.2 Å². The van der Waals surface area contributed by atoms with Crippen molar-refractivity contribution in [1.82, 2.24) is 19.5 Å². The van der Waals surface area contributed by atoms with Gasteiger partial charge in [0.25, 0.3) is 0 Å². The molecule has 34 heavy (non-hydrogen) atoms. The van der Waals surface area contributed by atoms with Crippen LogP contribution in [0.5, 0.6) is 5.75 Å². The maximum absolute atomic E-state index is 10.7. The minimum Gasteiger partial charge on any atom is -0.491 e. The number of pyridine rings is 1. The number of aryl methyl sites for hydroxylation is 1. The topological polar surface area (TPSA) is 120 Å². The number of aliphatic hydroxyl groups is 1. The average Bonchev–Trinajstić information content (AvgIpc) is 3.51. The van der Waals surface area contributed by atoms with Crippen molar-refractivity contribution in [3.63, 3.8) is 0 Å². The fraction of sp³-hybridized carbons (Fsp3) is 0.400. The number of aliphatic hydroxyl groups excluding tert-OH is 1. The number of ether oxygens (including phenoxy) is 2. The number of benzene rings is 1. The number of nitrogens with two attached hydrogens (primary N) is 1. The van der Waals surface area contributed by atoms with Crippen LogP contribution in [0, 0.1) is 12.8 Å². The zero-order chi connectivity index (χ0) is 23.2. The summed E-state index contributed by atoms with van der Waals surface area (Å²) in [6.45, 7) is 3.17. The molecular formula is C25H28N6O3. The number of nitrogens with zero attached hydrogens (tertiary/aromatic N) is 4. The smallest absolute Gasteiger partial charge is 0.147 e. The first kappa shape index (κ1) is 21.1. The molecule has 176 valence electrons. The highest BCUT2D eigenvalue weighted by Crippen LogP contribution is 2.34. The second kappa shape index (κ2) is 8.41. The molecule has 1 aliphatic heterocycles. The van der Waals surface area contributed by atoms with Crippen LogP contribution in [0.25, 0.3) is 21.9 Å². The van der Waals surface area contributed by atoms with Gasteiger partial charge in [0.15, 0.2) is 0 Å². The van der Waals surface area contributed by atoms with Crippen LogP contribution in [-0.4, -0.2) is 50.0 Å². The third kappa shape index (κ3) is 4.01. The summed E-state index contributed by atoms with van der Waals surface area (Å²) in [5, 5.41) is 15.9. The Bertz CT molecular complexity index is 1350. The van der Waals surface area contributed by atoms with Crippen molar-refractivity contribution in [2.45, 2.75) is 44.6 Å². The number of rotatable bonds is 7. The van der Waals surface area contributed by atoms with E-state index in [9.17, 15) is 5.11 Å². The van der Waals surface area contributed by atoms with Gasteiger partial charge < -0.3 is 30.2 Å². The molecule has 0 bridgehead atoms. The summed E-state index contributed by atoms with van der Waals surface area (Å²) in [5.74, 6) is 2.80. The molecule has 1 aliphatic carbocycles. The lowest BCUT2D eigenvalue weighted by Gasteiger charge is -2.17. The van der Waals surface area contributed by atoms with E-state index < -0.39 is 12.2 Å². The number of hydrogen-bond acceptors (Lipinski definition) is 8. The number of aromatic nitrogens is 4. The second-order valence-corrected chi connectivity index (χ2v) is 9.30. The van der Waals surface area contributed by atoms with Gasteiger partial charge >= 0.3 is 0 Å². The Morgan fingerprint density at radius 1 is 1.24 bits per heavy atom. The van der Waals surface area contributed by atoms with Crippen molar-refractivity contribution < 1.29 is 14.6 Å². The second-order valence-electron chi connectivity index (χ2n) is 9.30. The van der Waals surface area contributed by atoms with E-state index in [-0.39, 0.29) is 12.8 Å². The molecule has 4 heterocycles. The number of anilines is 2. The van der Waals surface area contributed by atoms with Gasteiger partial charge in [-0.15, -0.1) is 0 Å². The Labute approximate surface area is 196 Å². The van der Waals surface area contributed by atoms with Gasteiger partial charge in [0.1, 0.15) is 48.3 Å². The van der Waals surface area contributed by atoms with E-state index in [2.05, 4.69) is 21.4 Å². The molecule has 1 aromatic carbocycles. The van der Waals surface area contributed by atoms with Crippen molar-refractivity contribution in [3.05, 3.63) is 48.4 Å². The highest BCUT2D eigenvalue weighted by molar-refractivity contribution is 5.89. The number of fused-ring (bicyclic) bond motifs is 2. The van der Waals surface area contributed by atoms with Crippen LogP contribution in [0.1, 0.15) is 31.1 Å². The van der Waals surface area contributed by atoms with Crippen LogP contribution in [0.15, 0.2) is 42.9 Å². The lowest BCUT2D eigenvalue weighted by Crippen LogP contribution is -2.28. The van der Waals surface area contributed by atoms with Gasteiger partial charge in [0.05, 0.1) is 17.0 Å². The molecule has 9 heteroatoms. The minimum absolute atomic E-state index is 0.234. The van der Waals surface area contributed by atoms with Crippen molar-refractivity contribution in [3.8, 4) is 5.75 Å². The Morgan fingerprint density at radius 3 is 2.94 bits per heavy atom. The molecule has 4 N–H and O–H groups in total. The van der Waals surface area contributed by atoms with Gasteiger partial charge in [-0.05, 0) is 55.5 Å². The van der Waals surface area contributed by atoms with E-state index in [1.54, 1.807) is 0 Å². The average molecular weight is 461 g/mol. The van der Waals surface area contributed by atoms with Crippen molar-refractivity contribution in [2.24, 2.45) is 5.92 Å². The van der Waals surface area contributed by atoms with E-state index in [1.807, 2.05) is 42.0 Å². The van der Waals surface area contributed by atoms with Gasteiger partial charge in [-0.1, -0.05) is 0 Å². The van der Waals surface area contributed by atoms with Crippen LogP contribution >= 0.6 is 0 Å². The highest BCUT2D eigenvalue weighted by Gasteiger charge is 2.36. The van der Waals surface area contributed by atoms with Crippen molar-refractivity contribution in [2.75, 3.05) is 24.2 Å².